The van der Waals surface area contributed by atoms with Crippen LogP contribution in [0.3, 0.4) is 0 Å². The number of aryl methyl sites for hydroxylation is 1. The van der Waals surface area contributed by atoms with Crippen LogP contribution in [0.25, 0.3) is 0 Å². The van der Waals surface area contributed by atoms with Crippen LogP contribution in [0.15, 0.2) is 24.3 Å². The van der Waals surface area contributed by atoms with E-state index in [9.17, 15) is 14.7 Å². The fourth-order valence-corrected chi connectivity index (χ4v) is 2.84. The second-order valence-corrected chi connectivity index (χ2v) is 6.31. The highest BCUT2D eigenvalue weighted by Crippen LogP contribution is 2.19. The van der Waals surface area contributed by atoms with Gasteiger partial charge in [-0.3, -0.25) is 9.59 Å². The number of ether oxygens (including phenoxy) is 1. The number of carbonyl (C=O) groups excluding carboxylic acids is 1. The molecule has 27 heavy (non-hydrogen) atoms. The fourth-order valence-electron chi connectivity index (χ4n) is 2.84. The Morgan fingerprint density at radius 2 is 2.15 bits per heavy atom. The van der Waals surface area contributed by atoms with E-state index < -0.39 is 17.9 Å². The Bertz CT molecular complexity index is 777. The topological polar surface area (TPSA) is 119 Å². The number of methoxy groups -OCH3 is 1. The summed E-state index contributed by atoms with van der Waals surface area (Å²) in [6, 6.07) is 6.71. The van der Waals surface area contributed by atoms with Gasteiger partial charge in [0.2, 0.25) is 5.91 Å². The fraction of sp³-hybridized carbons (Fsp3) is 0.500. The van der Waals surface area contributed by atoms with Gasteiger partial charge >= 0.3 is 5.97 Å². The molecular formula is C18H25N5O4. The summed E-state index contributed by atoms with van der Waals surface area (Å²) in [5.74, 6) is -0.669. The minimum atomic E-state index is -0.917. The van der Waals surface area contributed by atoms with E-state index in [1.54, 1.807) is 14.0 Å². The molecule has 1 aromatic heterocycles. The lowest BCUT2D eigenvalue weighted by molar-refractivity contribution is -0.142. The lowest BCUT2D eigenvalue weighted by Crippen LogP contribution is -2.39. The van der Waals surface area contributed by atoms with Crippen molar-refractivity contribution < 1.29 is 19.4 Å². The molecule has 0 spiro atoms. The number of carboxylic acids is 1. The third kappa shape index (κ3) is 5.50. The van der Waals surface area contributed by atoms with E-state index in [0.29, 0.717) is 24.4 Å². The minimum Gasteiger partial charge on any atom is -0.497 e. The molecule has 0 aliphatic carbocycles. The molecule has 0 radical (unpaired) electrons. The van der Waals surface area contributed by atoms with Crippen molar-refractivity contribution in [3.8, 4) is 5.75 Å². The summed E-state index contributed by atoms with van der Waals surface area (Å²) in [4.78, 5) is 24.1. The third-order valence-electron chi connectivity index (χ3n) is 4.33. The van der Waals surface area contributed by atoms with Crippen molar-refractivity contribution in [3.63, 3.8) is 0 Å². The Morgan fingerprint density at radius 1 is 1.37 bits per heavy atom. The first-order chi connectivity index (χ1) is 13.0. The summed E-state index contributed by atoms with van der Waals surface area (Å²) in [6.45, 7) is 3.69. The molecule has 2 aromatic rings. The van der Waals surface area contributed by atoms with E-state index in [-0.39, 0.29) is 12.5 Å². The van der Waals surface area contributed by atoms with Crippen LogP contribution in [-0.4, -0.2) is 50.8 Å². The zero-order valence-corrected chi connectivity index (χ0v) is 15.8. The molecule has 0 fully saturated rings. The summed E-state index contributed by atoms with van der Waals surface area (Å²) >= 11 is 0. The summed E-state index contributed by atoms with van der Waals surface area (Å²) in [5, 5.41) is 23.4. The SMILES string of the molecule is CCCC(CNC(=O)C(Cc1cccc(OC)c1)n1nnnc1C)C(=O)O. The van der Waals surface area contributed by atoms with Gasteiger partial charge in [-0.15, -0.1) is 5.10 Å². The number of nitrogens with one attached hydrogen (secondary N) is 1. The average molecular weight is 375 g/mol. The Kier molecular flexibility index (Phi) is 7.27. The van der Waals surface area contributed by atoms with Gasteiger partial charge in [0.25, 0.3) is 0 Å². The van der Waals surface area contributed by atoms with Gasteiger partial charge in [0.15, 0.2) is 0 Å². The quantitative estimate of drug-likeness (QED) is 0.644. The standard InChI is InChI=1S/C18H25N5O4/c1-4-6-14(18(25)26)11-19-17(24)16(23-12(2)20-21-22-23)10-13-7-5-8-15(9-13)27-3/h5,7-9,14,16H,4,6,10-11H2,1-3H3,(H,19,24)(H,25,26). The number of aromatic nitrogens is 4. The maximum atomic E-state index is 12.8. The highest BCUT2D eigenvalue weighted by molar-refractivity contribution is 5.81. The summed E-state index contributed by atoms with van der Waals surface area (Å²) in [6.07, 6.45) is 1.58. The molecule has 2 unspecified atom stereocenters. The van der Waals surface area contributed by atoms with Crippen LogP contribution in [0.5, 0.6) is 5.75 Å². The first-order valence-electron chi connectivity index (χ1n) is 8.84. The molecule has 0 bridgehead atoms. The molecule has 0 saturated carbocycles. The van der Waals surface area contributed by atoms with Gasteiger partial charge in [0, 0.05) is 13.0 Å². The number of carbonyl (C=O) groups is 2. The van der Waals surface area contributed by atoms with Gasteiger partial charge in [-0.25, -0.2) is 4.68 Å². The molecule has 0 saturated heterocycles. The molecule has 2 rings (SSSR count). The molecule has 9 heteroatoms. The van der Waals surface area contributed by atoms with Crippen molar-refractivity contribution in [2.45, 2.75) is 39.2 Å². The van der Waals surface area contributed by atoms with Gasteiger partial charge in [0.05, 0.1) is 13.0 Å². The number of tetrazole rings is 1. The van der Waals surface area contributed by atoms with Crippen LogP contribution in [0.2, 0.25) is 0 Å². The average Bonchev–Trinajstić information content (AvgIpc) is 3.08. The molecule has 9 nitrogen and oxygen atoms in total. The van der Waals surface area contributed by atoms with E-state index in [0.717, 1.165) is 12.0 Å². The molecule has 1 heterocycles. The Labute approximate surface area is 157 Å². The van der Waals surface area contributed by atoms with Crippen molar-refractivity contribution in [3.05, 3.63) is 35.7 Å². The Hall–Kier alpha value is -2.97. The number of carboxylic acid groups (broad SMARTS) is 1. The predicted octanol–water partition coefficient (Wildman–Crippen LogP) is 1.39. The molecule has 0 aliphatic heterocycles. The van der Waals surface area contributed by atoms with Gasteiger partial charge < -0.3 is 15.2 Å². The van der Waals surface area contributed by atoms with E-state index in [4.69, 9.17) is 4.74 Å². The number of rotatable bonds is 10. The number of hydrogen-bond acceptors (Lipinski definition) is 6. The van der Waals surface area contributed by atoms with Crippen molar-refractivity contribution >= 4 is 11.9 Å². The molecule has 146 valence electrons. The van der Waals surface area contributed by atoms with Crippen LogP contribution in [0.4, 0.5) is 0 Å². The largest absolute Gasteiger partial charge is 0.497 e. The smallest absolute Gasteiger partial charge is 0.308 e. The second-order valence-electron chi connectivity index (χ2n) is 6.31. The predicted molar refractivity (Wildman–Crippen MR) is 97.3 cm³/mol. The second kappa shape index (κ2) is 9.65. The molecule has 2 atom stereocenters. The summed E-state index contributed by atoms with van der Waals surface area (Å²) in [7, 11) is 1.58. The van der Waals surface area contributed by atoms with Crippen LogP contribution < -0.4 is 10.1 Å². The number of benzene rings is 1. The lowest BCUT2D eigenvalue weighted by atomic mass is 10.0. The number of hydrogen-bond donors (Lipinski definition) is 2. The van der Waals surface area contributed by atoms with Gasteiger partial charge in [-0.1, -0.05) is 25.5 Å². The van der Waals surface area contributed by atoms with E-state index in [1.165, 1.54) is 4.68 Å². The van der Waals surface area contributed by atoms with Crippen LogP contribution in [-0.2, 0) is 16.0 Å². The molecular weight excluding hydrogens is 350 g/mol. The van der Waals surface area contributed by atoms with Crippen LogP contribution >= 0.6 is 0 Å². The highest BCUT2D eigenvalue weighted by atomic mass is 16.5. The van der Waals surface area contributed by atoms with Gasteiger partial charge in [0.1, 0.15) is 17.6 Å². The first kappa shape index (κ1) is 20.3. The summed E-state index contributed by atoms with van der Waals surface area (Å²) < 4.78 is 6.68. The highest BCUT2D eigenvalue weighted by Gasteiger charge is 2.26. The Morgan fingerprint density at radius 3 is 2.74 bits per heavy atom. The maximum absolute atomic E-state index is 12.8. The lowest BCUT2D eigenvalue weighted by Gasteiger charge is -2.19. The van der Waals surface area contributed by atoms with Crippen LogP contribution in [0, 0.1) is 12.8 Å². The van der Waals surface area contributed by atoms with E-state index in [1.807, 2.05) is 31.2 Å². The zero-order chi connectivity index (χ0) is 19.8. The van der Waals surface area contributed by atoms with Gasteiger partial charge in [-0.2, -0.15) is 0 Å². The molecule has 0 aliphatic rings. The van der Waals surface area contributed by atoms with Crippen molar-refractivity contribution in [2.75, 3.05) is 13.7 Å². The van der Waals surface area contributed by atoms with Crippen LogP contribution in [0.1, 0.15) is 37.2 Å². The molecule has 1 amide bonds. The normalized spacial score (nSPS) is 13.0. The zero-order valence-electron chi connectivity index (χ0n) is 15.8. The third-order valence-corrected chi connectivity index (χ3v) is 4.33. The summed E-state index contributed by atoms with van der Waals surface area (Å²) in [5.41, 5.74) is 0.882. The van der Waals surface area contributed by atoms with Gasteiger partial charge in [-0.05, 0) is 41.5 Å². The number of aliphatic carboxylic acids is 1. The van der Waals surface area contributed by atoms with E-state index >= 15 is 0 Å². The number of amides is 1. The van der Waals surface area contributed by atoms with E-state index in [2.05, 4.69) is 20.8 Å². The van der Waals surface area contributed by atoms with Crippen molar-refractivity contribution in [2.24, 2.45) is 5.92 Å². The molecule has 1 aromatic carbocycles. The Balaban J connectivity index is 2.18. The van der Waals surface area contributed by atoms with Crippen molar-refractivity contribution in [1.29, 1.82) is 0 Å². The molecule has 2 N–H and O–H groups in total. The first-order valence-corrected chi connectivity index (χ1v) is 8.84. The monoisotopic (exact) mass is 375 g/mol. The minimum absolute atomic E-state index is 0.0673. The van der Waals surface area contributed by atoms with Crippen molar-refractivity contribution in [1.82, 2.24) is 25.5 Å². The maximum Gasteiger partial charge on any atom is 0.308 e. The number of nitrogens with zero attached hydrogens (tertiary/aromatic N) is 4.